The van der Waals surface area contributed by atoms with Gasteiger partial charge in [-0.05, 0) is 44.0 Å². The number of thioether (sulfide) groups is 1. The highest BCUT2D eigenvalue weighted by atomic mass is 32.2. The summed E-state index contributed by atoms with van der Waals surface area (Å²) in [6.07, 6.45) is 1.93. The average molecular weight is 378 g/mol. The number of hydrogen-bond donors (Lipinski definition) is 1. The summed E-state index contributed by atoms with van der Waals surface area (Å²) < 4.78 is 5.17. The second-order valence-electron chi connectivity index (χ2n) is 6.78. The van der Waals surface area contributed by atoms with Crippen molar-refractivity contribution in [2.45, 2.75) is 36.0 Å². The van der Waals surface area contributed by atoms with Gasteiger partial charge in [0, 0.05) is 37.1 Å². The number of likely N-dealkylation sites (tertiary alicyclic amines) is 1. The Hall–Kier alpha value is -1.73. The third kappa shape index (κ3) is 4.51. The molecule has 26 heavy (non-hydrogen) atoms. The monoisotopic (exact) mass is 377 g/mol. The second kappa shape index (κ2) is 8.77. The molecular formula is C19H27N3O3S. The molecule has 6 nitrogen and oxygen atoms in total. The van der Waals surface area contributed by atoms with Crippen molar-refractivity contribution in [3.63, 3.8) is 0 Å². The lowest BCUT2D eigenvalue weighted by molar-refractivity contribution is -0.140. The van der Waals surface area contributed by atoms with Crippen LogP contribution in [0.5, 0.6) is 5.75 Å². The van der Waals surface area contributed by atoms with E-state index in [0.29, 0.717) is 13.1 Å². The molecule has 2 amide bonds. The Balaban J connectivity index is 1.58. The quantitative estimate of drug-likeness (QED) is 0.790. The molecule has 2 aliphatic rings. The Labute approximate surface area is 159 Å². The third-order valence-electron chi connectivity index (χ3n) is 5.00. The van der Waals surface area contributed by atoms with Crippen molar-refractivity contribution in [2.24, 2.45) is 0 Å². The molecule has 0 bridgehead atoms. The van der Waals surface area contributed by atoms with Gasteiger partial charge < -0.3 is 19.9 Å². The smallest absolute Gasteiger partial charge is 0.236 e. The molecule has 0 aliphatic carbocycles. The van der Waals surface area contributed by atoms with Gasteiger partial charge >= 0.3 is 0 Å². The minimum absolute atomic E-state index is 0.149. The van der Waals surface area contributed by atoms with Gasteiger partial charge in [0.05, 0.1) is 18.9 Å². The molecule has 3 rings (SSSR count). The van der Waals surface area contributed by atoms with Crippen LogP contribution in [0.25, 0.3) is 0 Å². The summed E-state index contributed by atoms with van der Waals surface area (Å²) in [5, 5.41) is 2.96. The number of hydrogen-bond acceptors (Lipinski definition) is 5. The van der Waals surface area contributed by atoms with E-state index in [9.17, 15) is 9.59 Å². The number of carbonyl (C=O) groups is 2. The van der Waals surface area contributed by atoms with E-state index >= 15 is 0 Å². The number of carbonyl (C=O) groups excluding carboxylic acids is 2. The van der Waals surface area contributed by atoms with Gasteiger partial charge in [0.25, 0.3) is 0 Å². The summed E-state index contributed by atoms with van der Waals surface area (Å²) in [6, 6.07) is 7.93. The minimum atomic E-state index is -0.152. The molecule has 2 unspecified atom stereocenters. The van der Waals surface area contributed by atoms with Gasteiger partial charge in [-0.3, -0.25) is 9.59 Å². The first-order chi connectivity index (χ1) is 12.6. The maximum Gasteiger partial charge on any atom is 0.236 e. The molecule has 2 aliphatic heterocycles. The zero-order valence-electron chi connectivity index (χ0n) is 15.4. The molecule has 2 atom stereocenters. The van der Waals surface area contributed by atoms with E-state index in [-0.39, 0.29) is 23.1 Å². The Morgan fingerprint density at radius 3 is 2.77 bits per heavy atom. The Morgan fingerprint density at radius 2 is 2.08 bits per heavy atom. The highest BCUT2D eigenvalue weighted by Gasteiger charge is 2.33. The van der Waals surface area contributed by atoms with Crippen molar-refractivity contribution >= 4 is 23.6 Å². The molecule has 7 heteroatoms. The standard InChI is InChI=1S/C19H27N3O3S/c1-14(26-17-7-5-16(25-2)6-8-17)19(24)21-10-3-4-15(13-21)22-11-9-20-12-18(22)23/h5-8,14-15,20H,3-4,9-13H2,1-2H3. The molecule has 1 aromatic rings. The molecule has 142 valence electrons. The van der Waals surface area contributed by atoms with E-state index < -0.39 is 0 Å². The van der Waals surface area contributed by atoms with Crippen LogP contribution in [0.1, 0.15) is 19.8 Å². The van der Waals surface area contributed by atoms with Gasteiger partial charge in [0.15, 0.2) is 0 Å². The number of amides is 2. The van der Waals surface area contributed by atoms with Crippen molar-refractivity contribution in [1.82, 2.24) is 15.1 Å². The lowest BCUT2D eigenvalue weighted by Crippen LogP contribution is -2.58. The van der Waals surface area contributed by atoms with Crippen LogP contribution in [0.2, 0.25) is 0 Å². The number of ether oxygens (including phenoxy) is 1. The van der Waals surface area contributed by atoms with Gasteiger partial charge in [0.2, 0.25) is 11.8 Å². The van der Waals surface area contributed by atoms with Crippen molar-refractivity contribution in [3.05, 3.63) is 24.3 Å². The number of nitrogens with one attached hydrogen (secondary N) is 1. The van der Waals surface area contributed by atoms with Crippen LogP contribution in [0.15, 0.2) is 29.2 Å². The van der Waals surface area contributed by atoms with E-state index in [1.165, 1.54) is 0 Å². The molecule has 0 aromatic heterocycles. The van der Waals surface area contributed by atoms with Crippen molar-refractivity contribution in [3.8, 4) is 5.75 Å². The second-order valence-corrected chi connectivity index (χ2v) is 8.19. The van der Waals surface area contributed by atoms with Crippen LogP contribution in [0.4, 0.5) is 0 Å². The predicted molar refractivity (Wildman–Crippen MR) is 102 cm³/mol. The average Bonchev–Trinajstić information content (AvgIpc) is 2.68. The molecule has 0 radical (unpaired) electrons. The molecule has 1 N–H and O–H groups in total. The number of nitrogens with zero attached hydrogens (tertiary/aromatic N) is 2. The largest absolute Gasteiger partial charge is 0.497 e. The van der Waals surface area contributed by atoms with E-state index in [4.69, 9.17) is 4.74 Å². The molecule has 0 spiro atoms. The number of piperazine rings is 1. The maximum atomic E-state index is 12.9. The summed E-state index contributed by atoms with van der Waals surface area (Å²) >= 11 is 1.56. The summed E-state index contributed by atoms with van der Waals surface area (Å²) in [6.45, 7) is 5.37. The number of benzene rings is 1. The molecule has 2 heterocycles. The lowest BCUT2D eigenvalue weighted by atomic mass is 10.0. The fourth-order valence-corrected chi connectivity index (χ4v) is 4.53. The van der Waals surface area contributed by atoms with Crippen molar-refractivity contribution in [1.29, 1.82) is 0 Å². The Bertz CT molecular complexity index is 637. The van der Waals surface area contributed by atoms with Crippen LogP contribution in [-0.2, 0) is 9.59 Å². The number of rotatable bonds is 5. The lowest BCUT2D eigenvalue weighted by Gasteiger charge is -2.41. The predicted octanol–water partition coefficient (Wildman–Crippen LogP) is 1.60. The molecule has 1 aromatic carbocycles. The van der Waals surface area contributed by atoms with Gasteiger partial charge in [-0.1, -0.05) is 0 Å². The summed E-state index contributed by atoms with van der Waals surface area (Å²) in [4.78, 5) is 30.0. The van der Waals surface area contributed by atoms with E-state index in [0.717, 1.165) is 43.1 Å². The minimum Gasteiger partial charge on any atom is -0.497 e. The zero-order valence-corrected chi connectivity index (χ0v) is 16.3. The van der Waals surface area contributed by atoms with Gasteiger partial charge in [-0.2, -0.15) is 0 Å². The fourth-order valence-electron chi connectivity index (χ4n) is 3.58. The Morgan fingerprint density at radius 1 is 1.31 bits per heavy atom. The van der Waals surface area contributed by atoms with Gasteiger partial charge in [-0.15, -0.1) is 11.8 Å². The van der Waals surface area contributed by atoms with Gasteiger partial charge in [0.1, 0.15) is 5.75 Å². The first kappa shape index (κ1) is 19.0. The molecule has 2 saturated heterocycles. The first-order valence-corrected chi connectivity index (χ1v) is 10.1. The molecule has 2 fully saturated rings. The van der Waals surface area contributed by atoms with Crippen LogP contribution in [0, 0.1) is 0 Å². The van der Waals surface area contributed by atoms with E-state index in [1.54, 1.807) is 18.9 Å². The van der Waals surface area contributed by atoms with Gasteiger partial charge in [-0.25, -0.2) is 0 Å². The van der Waals surface area contributed by atoms with Crippen LogP contribution >= 0.6 is 11.8 Å². The molecular weight excluding hydrogens is 350 g/mol. The Kier molecular flexibility index (Phi) is 6.43. The number of piperidine rings is 1. The first-order valence-electron chi connectivity index (χ1n) is 9.18. The number of methoxy groups -OCH3 is 1. The van der Waals surface area contributed by atoms with E-state index in [1.807, 2.05) is 41.0 Å². The zero-order chi connectivity index (χ0) is 18.5. The van der Waals surface area contributed by atoms with Crippen LogP contribution < -0.4 is 10.1 Å². The van der Waals surface area contributed by atoms with E-state index in [2.05, 4.69) is 5.32 Å². The third-order valence-corrected chi connectivity index (χ3v) is 6.09. The van der Waals surface area contributed by atoms with Crippen LogP contribution in [-0.4, -0.2) is 72.7 Å². The van der Waals surface area contributed by atoms with Crippen molar-refractivity contribution in [2.75, 3.05) is 39.8 Å². The fraction of sp³-hybridized carbons (Fsp3) is 0.579. The normalized spacial score (nSPS) is 22.2. The topological polar surface area (TPSA) is 61.9 Å². The SMILES string of the molecule is COc1ccc(SC(C)C(=O)N2CCCC(N3CCNCC3=O)C2)cc1. The summed E-state index contributed by atoms with van der Waals surface area (Å²) in [5.41, 5.74) is 0. The van der Waals surface area contributed by atoms with Crippen molar-refractivity contribution < 1.29 is 14.3 Å². The summed E-state index contributed by atoms with van der Waals surface area (Å²) in [5.74, 6) is 1.11. The highest BCUT2D eigenvalue weighted by Crippen LogP contribution is 2.27. The highest BCUT2D eigenvalue weighted by molar-refractivity contribution is 8.00. The maximum absolute atomic E-state index is 12.9. The molecule has 0 saturated carbocycles. The summed E-state index contributed by atoms with van der Waals surface area (Å²) in [7, 11) is 1.64. The van der Waals surface area contributed by atoms with Crippen LogP contribution in [0.3, 0.4) is 0 Å².